The van der Waals surface area contributed by atoms with Crippen LogP contribution in [-0.2, 0) is 9.53 Å². The topological polar surface area (TPSA) is 59.1 Å². The van der Waals surface area contributed by atoms with Crippen LogP contribution in [-0.4, -0.2) is 23.5 Å². The van der Waals surface area contributed by atoms with Crippen LogP contribution >= 0.6 is 0 Å². The molecule has 0 spiro atoms. The van der Waals surface area contributed by atoms with Crippen LogP contribution in [0.1, 0.15) is 6.92 Å². The van der Waals surface area contributed by atoms with E-state index in [1.807, 2.05) is 37.3 Å². The van der Waals surface area contributed by atoms with E-state index in [0.29, 0.717) is 0 Å². The van der Waals surface area contributed by atoms with E-state index < -0.39 is 5.97 Å². The van der Waals surface area contributed by atoms with Crippen LogP contribution in [0.25, 0.3) is 0 Å². The second kappa shape index (κ2) is 5.92. The third kappa shape index (κ3) is 4.61. The lowest BCUT2D eigenvalue weighted by molar-refractivity contribution is -0.131. The van der Waals surface area contributed by atoms with Crippen molar-refractivity contribution in [1.82, 2.24) is 0 Å². The molecule has 2 unspecified atom stereocenters. The van der Waals surface area contributed by atoms with Gasteiger partial charge in [0.05, 0.1) is 0 Å². The van der Waals surface area contributed by atoms with Crippen molar-refractivity contribution in [1.29, 1.82) is 0 Å². The lowest BCUT2D eigenvalue weighted by Gasteiger charge is -1.99. The van der Waals surface area contributed by atoms with Crippen LogP contribution in [0.3, 0.4) is 0 Å². The van der Waals surface area contributed by atoms with Gasteiger partial charge in [0.2, 0.25) is 6.29 Å². The van der Waals surface area contributed by atoms with Crippen LogP contribution in [0.2, 0.25) is 0 Å². The predicted octanol–water partition coefficient (Wildman–Crippen LogP) is 2.07. The number of aliphatic carboxylic acids is 1. The Balaban J connectivity index is 0.000000221. The standard InChI is InChI=1S/C9H10O2.C3H4O2/c1-7-9(10-7)11-8-5-3-2-4-6-8;1-2-3(4)5/h2-7,9H,1H3;2H,1H2,(H,4,5). The Kier molecular flexibility index (Phi) is 4.54. The number of para-hydroxylation sites is 1. The van der Waals surface area contributed by atoms with E-state index in [2.05, 4.69) is 6.58 Å². The highest BCUT2D eigenvalue weighted by molar-refractivity contribution is 5.78. The molecule has 0 aliphatic carbocycles. The summed E-state index contributed by atoms with van der Waals surface area (Å²) in [5, 5.41) is 7.60. The van der Waals surface area contributed by atoms with Crippen molar-refractivity contribution in [2.45, 2.75) is 19.3 Å². The third-order valence-corrected chi connectivity index (χ3v) is 1.83. The molecule has 86 valence electrons. The van der Waals surface area contributed by atoms with Crippen molar-refractivity contribution in [3.63, 3.8) is 0 Å². The summed E-state index contributed by atoms with van der Waals surface area (Å²) < 4.78 is 10.5. The Morgan fingerprint density at radius 3 is 2.38 bits per heavy atom. The number of carboxylic acids is 1. The molecule has 1 aliphatic heterocycles. The van der Waals surface area contributed by atoms with E-state index in [4.69, 9.17) is 14.6 Å². The van der Waals surface area contributed by atoms with Crippen LogP contribution in [0.4, 0.5) is 0 Å². The number of rotatable bonds is 3. The first-order chi connectivity index (χ1) is 7.63. The van der Waals surface area contributed by atoms with Gasteiger partial charge >= 0.3 is 5.97 Å². The van der Waals surface area contributed by atoms with Crippen molar-refractivity contribution in [2.75, 3.05) is 0 Å². The van der Waals surface area contributed by atoms with Gasteiger partial charge in [-0.05, 0) is 19.1 Å². The summed E-state index contributed by atoms with van der Waals surface area (Å²) in [7, 11) is 0. The molecule has 1 saturated heterocycles. The second-order valence-corrected chi connectivity index (χ2v) is 3.18. The highest BCUT2D eigenvalue weighted by atomic mass is 16.8. The van der Waals surface area contributed by atoms with E-state index in [9.17, 15) is 4.79 Å². The van der Waals surface area contributed by atoms with Crippen LogP contribution in [0, 0.1) is 0 Å². The second-order valence-electron chi connectivity index (χ2n) is 3.18. The molecule has 0 saturated carbocycles. The largest absolute Gasteiger partial charge is 0.478 e. The average Bonchev–Trinajstić information content (AvgIpc) is 2.96. The maximum Gasteiger partial charge on any atom is 0.327 e. The summed E-state index contributed by atoms with van der Waals surface area (Å²) in [6.45, 7) is 4.95. The minimum Gasteiger partial charge on any atom is -0.478 e. The fourth-order valence-corrected chi connectivity index (χ4v) is 0.923. The predicted molar refractivity (Wildman–Crippen MR) is 59.2 cm³/mol. The molecule has 4 nitrogen and oxygen atoms in total. The van der Waals surface area contributed by atoms with Gasteiger partial charge in [-0.15, -0.1) is 0 Å². The van der Waals surface area contributed by atoms with E-state index in [1.165, 1.54) is 0 Å². The van der Waals surface area contributed by atoms with Crippen molar-refractivity contribution < 1.29 is 19.4 Å². The fraction of sp³-hybridized carbons (Fsp3) is 0.250. The first-order valence-electron chi connectivity index (χ1n) is 4.86. The van der Waals surface area contributed by atoms with Crippen molar-refractivity contribution in [3.8, 4) is 5.75 Å². The molecule has 0 amide bonds. The minimum atomic E-state index is -0.981. The van der Waals surface area contributed by atoms with Gasteiger partial charge in [0.15, 0.2) is 0 Å². The monoisotopic (exact) mass is 222 g/mol. The molecule has 2 rings (SSSR count). The molecule has 1 aromatic carbocycles. The number of carbonyl (C=O) groups is 1. The van der Waals surface area contributed by atoms with E-state index in [-0.39, 0.29) is 12.4 Å². The number of ether oxygens (including phenoxy) is 2. The molecule has 1 aliphatic rings. The Hall–Kier alpha value is -1.81. The maximum atomic E-state index is 9.25. The smallest absolute Gasteiger partial charge is 0.327 e. The van der Waals surface area contributed by atoms with E-state index >= 15 is 0 Å². The molecule has 1 aromatic rings. The molecular formula is C12H14O4. The zero-order chi connectivity index (χ0) is 12.0. The molecule has 1 fully saturated rings. The Morgan fingerprint density at radius 1 is 1.50 bits per heavy atom. The number of benzene rings is 1. The Bertz CT molecular complexity index is 347. The van der Waals surface area contributed by atoms with Gasteiger partial charge in [-0.3, -0.25) is 0 Å². The van der Waals surface area contributed by atoms with Crippen LogP contribution in [0.5, 0.6) is 5.75 Å². The van der Waals surface area contributed by atoms with Crippen LogP contribution < -0.4 is 4.74 Å². The van der Waals surface area contributed by atoms with Gasteiger partial charge < -0.3 is 14.6 Å². The van der Waals surface area contributed by atoms with Crippen molar-refractivity contribution >= 4 is 5.97 Å². The van der Waals surface area contributed by atoms with Gasteiger partial charge in [0.1, 0.15) is 11.9 Å². The highest BCUT2D eigenvalue weighted by Crippen LogP contribution is 2.24. The highest BCUT2D eigenvalue weighted by Gasteiger charge is 2.36. The summed E-state index contributed by atoms with van der Waals surface area (Å²) >= 11 is 0. The molecule has 2 atom stereocenters. The lowest BCUT2D eigenvalue weighted by Crippen LogP contribution is -2.00. The zero-order valence-electron chi connectivity index (χ0n) is 9.00. The van der Waals surface area contributed by atoms with Gasteiger partial charge in [-0.1, -0.05) is 24.8 Å². The number of carboxylic acid groups (broad SMARTS) is 1. The summed E-state index contributed by atoms with van der Waals surface area (Å²) in [6, 6.07) is 9.71. The number of hydrogen-bond donors (Lipinski definition) is 1. The molecule has 0 radical (unpaired) electrons. The Morgan fingerprint density at radius 2 is 2.00 bits per heavy atom. The SMILES string of the molecule is C=CC(=O)O.CC1OC1Oc1ccccc1. The van der Waals surface area contributed by atoms with E-state index in [1.54, 1.807) is 0 Å². The first-order valence-corrected chi connectivity index (χ1v) is 4.86. The quantitative estimate of drug-likeness (QED) is 0.628. The first kappa shape index (κ1) is 12.3. The van der Waals surface area contributed by atoms with E-state index in [0.717, 1.165) is 11.8 Å². The maximum absolute atomic E-state index is 9.25. The van der Waals surface area contributed by atoms with Gasteiger partial charge in [-0.25, -0.2) is 4.79 Å². The number of epoxide rings is 1. The molecule has 0 bridgehead atoms. The zero-order valence-corrected chi connectivity index (χ0v) is 9.00. The average molecular weight is 222 g/mol. The van der Waals surface area contributed by atoms with Gasteiger partial charge in [0.25, 0.3) is 0 Å². The normalized spacial score (nSPS) is 21.3. The molecule has 0 aromatic heterocycles. The lowest BCUT2D eigenvalue weighted by atomic mass is 10.3. The fourth-order valence-electron chi connectivity index (χ4n) is 0.923. The molecule has 16 heavy (non-hydrogen) atoms. The summed E-state index contributed by atoms with van der Waals surface area (Å²) in [6.07, 6.45) is 1.08. The minimum absolute atomic E-state index is 0.0163. The summed E-state index contributed by atoms with van der Waals surface area (Å²) in [5.41, 5.74) is 0. The summed E-state index contributed by atoms with van der Waals surface area (Å²) in [5.74, 6) is -0.105. The molecule has 1 heterocycles. The molecule has 1 N–H and O–H groups in total. The van der Waals surface area contributed by atoms with Gasteiger partial charge in [0, 0.05) is 6.08 Å². The van der Waals surface area contributed by atoms with Crippen molar-refractivity contribution in [3.05, 3.63) is 43.0 Å². The summed E-state index contributed by atoms with van der Waals surface area (Å²) in [4.78, 5) is 9.25. The molecular weight excluding hydrogens is 208 g/mol. The van der Waals surface area contributed by atoms with Crippen LogP contribution in [0.15, 0.2) is 43.0 Å². The molecule has 4 heteroatoms. The third-order valence-electron chi connectivity index (χ3n) is 1.83. The van der Waals surface area contributed by atoms with Gasteiger partial charge in [-0.2, -0.15) is 0 Å². The number of hydrogen-bond acceptors (Lipinski definition) is 3. The Labute approximate surface area is 94.1 Å². The van der Waals surface area contributed by atoms with Crippen molar-refractivity contribution in [2.24, 2.45) is 0 Å².